The molecule has 1 unspecified atom stereocenters. The fraction of sp³-hybridized carbons (Fsp3) is 0.200. The number of halogens is 1. The van der Waals surface area contributed by atoms with Crippen LogP contribution in [-0.4, -0.2) is 24.1 Å². The fourth-order valence-corrected chi connectivity index (χ4v) is 2.80. The van der Waals surface area contributed by atoms with Gasteiger partial charge in [0.2, 0.25) is 0 Å². The lowest BCUT2D eigenvalue weighted by molar-refractivity contribution is -0.122. The summed E-state index contributed by atoms with van der Waals surface area (Å²) in [6, 6.07) is 7.55. The molecule has 0 aliphatic rings. The van der Waals surface area contributed by atoms with Gasteiger partial charge in [-0.1, -0.05) is 6.07 Å². The minimum Gasteiger partial charge on any atom is -0.453 e. The number of rotatable bonds is 5. The first kappa shape index (κ1) is 15.8. The molecule has 1 atom stereocenters. The normalized spacial score (nSPS) is 11.7. The first-order chi connectivity index (χ1) is 10.4. The van der Waals surface area contributed by atoms with Crippen LogP contribution >= 0.6 is 11.3 Å². The highest BCUT2D eigenvalue weighted by Gasteiger charge is 2.22. The van der Waals surface area contributed by atoms with Crippen LogP contribution in [0, 0.1) is 28.5 Å². The van der Waals surface area contributed by atoms with Gasteiger partial charge < -0.3 is 10.1 Å². The lowest BCUT2D eigenvalue weighted by atomic mass is 10.0. The van der Waals surface area contributed by atoms with Crippen LogP contribution in [0.25, 0.3) is 10.1 Å². The van der Waals surface area contributed by atoms with Gasteiger partial charge in [0.05, 0.1) is 6.07 Å². The molecule has 22 heavy (non-hydrogen) atoms. The van der Waals surface area contributed by atoms with Crippen molar-refractivity contribution < 1.29 is 18.7 Å². The molecule has 1 aromatic carbocycles. The van der Waals surface area contributed by atoms with Crippen molar-refractivity contribution in [2.75, 3.05) is 6.61 Å². The van der Waals surface area contributed by atoms with E-state index in [1.165, 1.54) is 25.1 Å². The number of nitrogens with zero attached hydrogens (tertiary/aromatic N) is 1. The van der Waals surface area contributed by atoms with Crippen molar-refractivity contribution >= 4 is 38.9 Å². The Kier molecular flexibility index (Phi) is 4.63. The average Bonchev–Trinajstić information content (AvgIpc) is 2.90. The summed E-state index contributed by atoms with van der Waals surface area (Å²) >= 11 is 1.06. The smallest absolute Gasteiger partial charge is 0.348 e. The number of hydrogen-bond donors (Lipinski definition) is 1. The molecule has 0 amide bonds. The number of ketones is 1. The topological polar surface area (TPSA) is 91.0 Å². The van der Waals surface area contributed by atoms with Crippen molar-refractivity contribution in [3.63, 3.8) is 0 Å². The van der Waals surface area contributed by atoms with Crippen LogP contribution in [0.2, 0.25) is 0 Å². The summed E-state index contributed by atoms with van der Waals surface area (Å²) in [7, 11) is 0. The second-order valence-electron chi connectivity index (χ2n) is 4.55. The van der Waals surface area contributed by atoms with Gasteiger partial charge in [-0.2, -0.15) is 5.26 Å². The molecule has 1 aromatic heterocycles. The second-order valence-corrected chi connectivity index (χ2v) is 5.63. The molecule has 0 aliphatic heterocycles. The Bertz CT molecular complexity index is 807. The highest BCUT2D eigenvalue weighted by molar-refractivity contribution is 7.20. The van der Waals surface area contributed by atoms with Gasteiger partial charge >= 0.3 is 5.97 Å². The fourth-order valence-electron chi connectivity index (χ4n) is 1.83. The van der Waals surface area contributed by atoms with Gasteiger partial charge in [0.1, 0.15) is 16.6 Å². The maximum Gasteiger partial charge on any atom is 0.348 e. The second kappa shape index (κ2) is 6.45. The van der Waals surface area contributed by atoms with Crippen LogP contribution < -0.4 is 0 Å². The Labute approximate surface area is 129 Å². The van der Waals surface area contributed by atoms with Crippen molar-refractivity contribution in [1.82, 2.24) is 0 Å². The molecular weight excluding hydrogens is 307 g/mol. The third-order valence-electron chi connectivity index (χ3n) is 2.94. The van der Waals surface area contributed by atoms with Gasteiger partial charge in [-0.25, -0.2) is 9.18 Å². The molecule has 1 heterocycles. The molecule has 0 aliphatic carbocycles. The lowest BCUT2D eigenvalue weighted by Gasteiger charge is -2.06. The van der Waals surface area contributed by atoms with Crippen molar-refractivity contribution in [3.8, 4) is 6.07 Å². The predicted molar refractivity (Wildman–Crippen MR) is 79.6 cm³/mol. The number of nitriles is 1. The highest BCUT2D eigenvalue weighted by atomic mass is 32.1. The molecule has 1 N–H and O–H groups in total. The molecule has 112 valence electrons. The van der Waals surface area contributed by atoms with E-state index in [9.17, 15) is 14.0 Å². The zero-order chi connectivity index (χ0) is 16.3. The molecule has 0 fully saturated rings. The number of carbonyl (C=O) groups is 2. The van der Waals surface area contributed by atoms with Crippen LogP contribution in [0.15, 0.2) is 24.3 Å². The van der Waals surface area contributed by atoms with Crippen molar-refractivity contribution in [2.45, 2.75) is 6.92 Å². The number of thiophene rings is 1. The Morgan fingerprint density at radius 2 is 2.23 bits per heavy atom. The molecule has 0 bridgehead atoms. The third kappa shape index (κ3) is 3.18. The lowest BCUT2D eigenvalue weighted by Crippen LogP contribution is -2.25. The summed E-state index contributed by atoms with van der Waals surface area (Å²) in [5, 5.41) is 16.4. The SMILES string of the molecule is CC(=N)C(C#N)C(=O)COC(=O)c1cc2c(F)cccc2s1. The van der Waals surface area contributed by atoms with Crippen molar-refractivity contribution in [2.24, 2.45) is 5.92 Å². The molecular formula is C15H11FN2O3S. The molecule has 0 radical (unpaired) electrons. The number of carbonyl (C=O) groups excluding carboxylic acids is 2. The summed E-state index contributed by atoms with van der Waals surface area (Å²) in [5.74, 6) is -3.07. The molecule has 0 spiro atoms. The number of ether oxygens (including phenoxy) is 1. The molecule has 2 aromatic rings. The molecule has 2 rings (SSSR count). The largest absolute Gasteiger partial charge is 0.453 e. The Morgan fingerprint density at radius 1 is 1.50 bits per heavy atom. The average molecular weight is 318 g/mol. The van der Waals surface area contributed by atoms with Crippen molar-refractivity contribution in [1.29, 1.82) is 10.7 Å². The summed E-state index contributed by atoms with van der Waals surface area (Å²) in [6.07, 6.45) is 0. The van der Waals surface area contributed by atoms with E-state index in [-0.39, 0.29) is 10.6 Å². The Balaban J connectivity index is 2.09. The quantitative estimate of drug-likeness (QED) is 0.678. The first-order valence-corrected chi connectivity index (χ1v) is 7.08. The Morgan fingerprint density at radius 3 is 2.82 bits per heavy atom. The third-order valence-corrected chi connectivity index (χ3v) is 4.02. The molecule has 7 heteroatoms. The maximum atomic E-state index is 13.6. The number of hydrogen-bond acceptors (Lipinski definition) is 6. The van der Waals surface area contributed by atoms with Gasteiger partial charge in [-0.15, -0.1) is 11.3 Å². The van der Waals surface area contributed by atoms with E-state index in [1.54, 1.807) is 12.1 Å². The Hall–Kier alpha value is -2.59. The number of Topliss-reactive ketones (excluding diaryl/α,β-unsaturated/α-hetero) is 1. The first-order valence-electron chi connectivity index (χ1n) is 6.26. The summed E-state index contributed by atoms with van der Waals surface area (Å²) in [4.78, 5) is 23.7. The van der Waals surface area contributed by atoms with E-state index in [1.807, 2.05) is 0 Å². The van der Waals surface area contributed by atoms with Crippen LogP contribution in [0.4, 0.5) is 4.39 Å². The predicted octanol–water partition coefficient (Wildman–Crippen LogP) is 2.95. The van der Waals surface area contributed by atoms with Gasteiger partial charge in [-0.05, 0) is 25.1 Å². The zero-order valence-corrected chi connectivity index (χ0v) is 12.4. The van der Waals surface area contributed by atoms with Crippen LogP contribution in [0.5, 0.6) is 0 Å². The molecule has 0 saturated heterocycles. The highest BCUT2D eigenvalue weighted by Crippen LogP contribution is 2.28. The van der Waals surface area contributed by atoms with E-state index in [0.717, 1.165) is 11.3 Å². The standard InChI is InChI=1S/C15H11FN2O3S/c1-8(18)10(6-17)12(19)7-21-15(20)14-5-9-11(16)3-2-4-13(9)22-14/h2-5,10,18H,7H2,1H3. The summed E-state index contributed by atoms with van der Waals surface area (Å²) < 4.78 is 19.0. The summed E-state index contributed by atoms with van der Waals surface area (Å²) in [6.45, 7) is 0.742. The number of benzene rings is 1. The van der Waals surface area contributed by atoms with E-state index >= 15 is 0 Å². The number of nitrogens with one attached hydrogen (secondary N) is 1. The number of esters is 1. The van der Waals surface area contributed by atoms with E-state index in [2.05, 4.69) is 0 Å². The molecule has 0 saturated carbocycles. The molecule has 5 nitrogen and oxygen atoms in total. The van der Waals surface area contributed by atoms with Crippen LogP contribution in [0.1, 0.15) is 16.6 Å². The minimum atomic E-state index is -1.22. The van der Waals surface area contributed by atoms with Crippen LogP contribution in [-0.2, 0) is 9.53 Å². The van der Waals surface area contributed by atoms with Gasteiger partial charge in [0.15, 0.2) is 12.4 Å². The van der Waals surface area contributed by atoms with Gasteiger partial charge in [-0.3, -0.25) is 4.79 Å². The zero-order valence-electron chi connectivity index (χ0n) is 11.6. The number of fused-ring (bicyclic) bond motifs is 1. The monoisotopic (exact) mass is 318 g/mol. The minimum absolute atomic E-state index is 0.104. The van der Waals surface area contributed by atoms with Crippen LogP contribution in [0.3, 0.4) is 0 Å². The maximum absolute atomic E-state index is 13.6. The van der Waals surface area contributed by atoms with Gasteiger partial charge in [0.25, 0.3) is 0 Å². The van der Waals surface area contributed by atoms with E-state index in [4.69, 9.17) is 15.4 Å². The van der Waals surface area contributed by atoms with E-state index in [0.29, 0.717) is 10.1 Å². The summed E-state index contributed by atoms with van der Waals surface area (Å²) in [5.41, 5.74) is -0.104. The van der Waals surface area contributed by atoms with Gasteiger partial charge in [0, 0.05) is 15.8 Å². The van der Waals surface area contributed by atoms with E-state index < -0.39 is 30.1 Å². The van der Waals surface area contributed by atoms with Crippen molar-refractivity contribution in [3.05, 3.63) is 35.0 Å².